The van der Waals surface area contributed by atoms with Gasteiger partial charge < -0.3 is 18.6 Å². The number of anilines is 6. The third-order valence-electron chi connectivity index (χ3n) is 16.8. The molecule has 0 saturated carbocycles. The number of nitriles is 1. The van der Waals surface area contributed by atoms with Gasteiger partial charge in [-0.05, 0) is 113 Å². The van der Waals surface area contributed by atoms with Gasteiger partial charge in [-0.15, -0.1) is 0 Å². The first-order chi connectivity index (χ1) is 39.3. The molecule has 0 amide bonds. The molecular weight excluding hydrogens is 973 g/mol. The summed E-state index contributed by atoms with van der Waals surface area (Å²) in [6.45, 7) is 17.1. The lowest BCUT2D eigenvalue weighted by molar-refractivity contribution is 0.866. The largest absolute Gasteiger partial charge is 0.320 e. The molecule has 378 valence electrons. The van der Waals surface area contributed by atoms with Gasteiger partial charge in [0, 0.05) is 77.0 Å². The first-order valence-corrected chi connectivity index (χ1v) is 27.6. The molecule has 4 heterocycles. The van der Waals surface area contributed by atoms with Crippen molar-refractivity contribution in [3.8, 4) is 28.3 Å². The zero-order valence-electron chi connectivity index (χ0n) is 44.8. The monoisotopic (exact) mass is 1020 g/mol. The van der Waals surface area contributed by atoms with E-state index in [0.29, 0.717) is 23.1 Å². The highest BCUT2D eigenvalue weighted by Gasteiger charge is 2.31. The van der Waals surface area contributed by atoms with Crippen LogP contribution in [0, 0.1) is 17.9 Å². The van der Waals surface area contributed by atoms with E-state index in [2.05, 4.69) is 251 Å². The average Bonchev–Trinajstić information content (AvgIpc) is 4.44. The Bertz CT molecular complexity index is 4690. The summed E-state index contributed by atoms with van der Waals surface area (Å²) in [6, 6.07) is 85.3. The van der Waals surface area contributed by atoms with Crippen LogP contribution >= 0.6 is 0 Å². The van der Waals surface area contributed by atoms with Crippen LogP contribution in [0.15, 0.2) is 231 Å². The summed E-state index contributed by atoms with van der Waals surface area (Å²) in [7, 11) is 0. The van der Waals surface area contributed by atoms with Crippen molar-refractivity contribution < 1.29 is 0 Å². The fourth-order valence-corrected chi connectivity index (χ4v) is 13.1. The molecule has 0 saturated heterocycles. The van der Waals surface area contributed by atoms with Crippen LogP contribution in [0.1, 0.15) is 56.2 Å². The zero-order valence-corrected chi connectivity index (χ0v) is 44.8. The van der Waals surface area contributed by atoms with E-state index in [9.17, 15) is 5.26 Å². The van der Waals surface area contributed by atoms with Gasteiger partial charge in [-0.3, -0.25) is 0 Å². The third-order valence-corrected chi connectivity index (χ3v) is 16.8. The summed E-state index contributed by atoms with van der Waals surface area (Å²) in [5.41, 5.74) is 21.0. The Balaban J connectivity index is 1.05. The van der Waals surface area contributed by atoms with Gasteiger partial charge in [0.05, 0.1) is 56.6 Å². The van der Waals surface area contributed by atoms with Gasteiger partial charge >= 0.3 is 0 Å². The average molecular weight is 1030 g/mol. The molecule has 0 bridgehead atoms. The summed E-state index contributed by atoms with van der Waals surface area (Å²) < 4.78 is 5.11. The van der Waals surface area contributed by atoms with E-state index in [1.807, 2.05) is 36.4 Å². The highest BCUT2D eigenvalue weighted by atomic mass is 15.2. The van der Waals surface area contributed by atoms with Crippen molar-refractivity contribution in [2.24, 2.45) is 0 Å². The van der Waals surface area contributed by atoms with Gasteiger partial charge in [-0.2, -0.15) is 5.26 Å². The van der Waals surface area contributed by atoms with Gasteiger partial charge in [0.25, 0.3) is 0 Å². The lowest BCUT2D eigenvalue weighted by Gasteiger charge is -2.27. The fraction of sp³-hybridized carbons (Fsp3) is 0.0811. The minimum Gasteiger partial charge on any atom is -0.320 e. The summed E-state index contributed by atoms with van der Waals surface area (Å²) in [5, 5.41) is 19.9. The maximum atomic E-state index is 10.5. The lowest BCUT2D eigenvalue weighted by Crippen LogP contribution is -2.11. The maximum Gasteiger partial charge on any atom is 0.210 e. The van der Waals surface area contributed by atoms with E-state index >= 15 is 0 Å². The Labute approximate surface area is 463 Å². The van der Waals surface area contributed by atoms with Crippen molar-refractivity contribution >= 4 is 116 Å². The number of nitrogens with zero attached hydrogens (tertiary/aromatic N) is 6. The van der Waals surface area contributed by atoms with Crippen molar-refractivity contribution in [2.45, 2.75) is 39.5 Å². The predicted octanol–water partition coefficient (Wildman–Crippen LogP) is 20.9. The summed E-state index contributed by atoms with van der Waals surface area (Å²) in [4.78, 5) is 8.51. The molecular formula is C74H52N6. The molecule has 0 unspecified atom stereocenters. The van der Waals surface area contributed by atoms with Gasteiger partial charge in [0.1, 0.15) is 6.07 Å². The van der Waals surface area contributed by atoms with Gasteiger partial charge in [0.15, 0.2) is 0 Å². The Hall–Kier alpha value is -10.4. The molecule has 0 N–H and O–H groups in total. The molecule has 0 radical (unpaired) electrons. The highest BCUT2D eigenvalue weighted by Crippen LogP contribution is 2.55. The van der Waals surface area contributed by atoms with Crippen LogP contribution in [-0.2, 0) is 0 Å². The normalized spacial score (nSPS) is 11.9. The number of benzene rings is 11. The molecule has 4 aromatic heterocycles. The second kappa shape index (κ2) is 18.1. The lowest BCUT2D eigenvalue weighted by atomic mass is 9.89. The SMILES string of the molecule is [C-]#[N+]c1ccccc1N(c1ccc(C(C)C)cc1)c1ccc2c(c1)c1cccc3c4c(-c5ccccc5)c5c(c(-c6ccccc6)c4n2c13)c1cccc2c3cc(N(c4ccc(C(C)C)cc4)c4ccccc4C#N)ccc3n5c21. The van der Waals surface area contributed by atoms with Gasteiger partial charge in [-0.25, -0.2) is 4.85 Å². The summed E-state index contributed by atoms with van der Waals surface area (Å²) in [5.74, 6) is 0.782. The van der Waals surface area contributed by atoms with Crippen molar-refractivity contribution in [3.05, 3.63) is 259 Å². The molecule has 15 rings (SSSR count). The Morgan fingerprint density at radius 2 is 0.812 bits per heavy atom. The van der Waals surface area contributed by atoms with E-state index < -0.39 is 0 Å². The fourth-order valence-electron chi connectivity index (χ4n) is 13.1. The molecule has 80 heavy (non-hydrogen) atoms. The highest BCUT2D eigenvalue weighted by molar-refractivity contribution is 6.38. The van der Waals surface area contributed by atoms with Crippen LogP contribution in [0.25, 0.3) is 103 Å². The number of rotatable bonds is 10. The smallest absolute Gasteiger partial charge is 0.210 e. The van der Waals surface area contributed by atoms with E-state index in [-0.39, 0.29) is 0 Å². The van der Waals surface area contributed by atoms with Crippen LogP contribution in [0.4, 0.5) is 39.8 Å². The van der Waals surface area contributed by atoms with Crippen LogP contribution in [0.2, 0.25) is 0 Å². The molecule has 0 atom stereocenters. The van der Waals surface area contributed by atoms with E-state index in [0.717, 1.165) is 67.1 Å². The van der Waals surface area contributed by atoms with Crippen molar-refractivity contribution in [3.63, 3.8) is 0 Å². The minimum absolute atomic E-state index is 0.389. The zero-order chi connectivity index (χ0) is 53.9. The quantitative estimate of drug-likeness (QED) is 0.128. The van der Waals surface area contributed by atoms with E-state index in [1.165, 1.54) is 76.6 Å². The molecule has 0 spiro atoms. The number of hydrogen-bond acceptors (Lipinski definition) is 3. The van der Waals surface area contributed by atoms with Crippen LogP contribution in [0.3, 0.4) is 0 Å². The third kappa shape index (κ3) is 6.83. The Morgan fingerprint density at radius 1 is 0.400 bits per heavy atom. The van der Waals surface area contributed by atoms with Crippen LogP contribution in [-0.4, -0.2) is 8.80 Å². The summed E-state index contributed by atoms with van der Waals surface area (Å²) in [6.07, 6.45) is 0. The first-order valence-electron chi connectivity index (χ1n) is 27.6. The predicted molar refractivity (Wildman–Crippen MR) is 335 cm³/mol. The van der Waals surface area contributed by atoms with Gasteiger partial charge in [0.2, 0.25) is 5.69 Å². The molecule has 0 aliphatic heterocycles. The molecule has 0 aliphatic rings. The molecule has 0 aliphatic carbocycles. The van der Waals surface area contributed by atoms with Crippen LogP contribution in [0.5, 0.6) is 0 Å². The van der Waals surface area contributed by atoms with Crippen molar-refractivity contribution in [1.82, 2.24) is 8.80 Å². The number of hydrogen-bond donors (Lipinski definition) is 0. The molecule has 0 fully saturated rings. The number of para-hydroxylation sites is 5. The Kier molecular flexibility index (Phi) is 10.6. The second-order valence-corrected chi connectivity index (χ2v) is 21.8. The van der Waals surface area contributed by atoms with Crippen LogP contribution < -0.4 is 9.80 Å². The van der Waals surface area contributed by atoms with Gasteiger partial charge in [-0.1, -0.05) is 179 Å². The first kappa shape index (κ1) is 46.9. The van der Waals surface area contributed by atoms with Crippen molar-refractivity contribution in [1.29, 1.82) is 5.26 Å². The maximum absolute atomic E-state index is 10.5. The molecule has 6 heteroatoms. The second-order valence-electron chi connectivity index (χ2n) is 21.8. The van der Waals surface area contributed by atoms with E-state index in [1.54, 1.807) is 0 Å². The molecule has 15 aromatic rings. The van der Waals surface area contributed by atoms with Crippen molar-refractivity contribution in [2.75, 3.05) is 9.80 Å². The minimum atomic E-state index is 0.389. The topological polar surface area (TPSA) is 43.5 Å². The number of aromatic nitrogens is 2. The standard InChI is InChI=1S/C74H52N6/c1-45(2)47-30-34-52(35-31-47)77(63-28-14-12-22-51(63)44-75)54-38-40-64-60(42-54)56-23-16-25-58-69-68(50-20-10-7-11-21-50)74-70(67(49-18-8-6-9-19-49)73(69)79(64)71(56)58)59-26-17-24-57-61-43-55(39-41-65(61)80(74)72(57)59)78(66-29-15-13-27-62(66)76-5)53-36-32-48(33-37-53)46(3)4/h6-43,45-46H,1-4H3. The molecule has 11 aromatic carbocycles. The van der Waals surface area contributed by atoms with E-state index in [4.69, 9.17) is 6.57 Å². The molecule has 6 nitrogen and oxygen atoms in total. The summed E-state index contributed by atoms with van der Waals surface area (Å²) >= 11 is 0. The Morgan fingerprint density at radius 3 is 1.27 bits per heavy atom. The number of fused-ring (bicyclic) bond motifs is 12.